The molecule has 0 unspecified atom stereocenters. The minimum Gasteiger partial charge on any atom is -0.376 e. The van der Waals surface area contributed by atoms with Gasteiger partial charge in [-0.3, -0.25) is 4.79 Å². The number of rotatable bonds is 5. The topological polar surface area (TPSA) is 62.4 Å². The van der Waals surface area contributed by atoms with Crippen molar-refractivity contribution in [2.75, 3.05) is 23.8 Å². The molecule has 0 saturated carbocycles. The van der Waals surface area contributed by atoms with E-state index in [0.29, 0.717) is 22.9 Å². The van der Waals surface area contributed by atoms with Crippen LogP contribution >= 0.6 is 12.2 Å². The number of amides is 1. The van der Waals surface area contributed by atoms with Gasteiger partial charge in [0.25, 0.3) is 5.91 Å². The Bertz CT molecular complexity index is 730. The summed E-state index contributed by atoms with van der Waals surface area (Å²) in [4.78, 5) is 12.5. The molecule has 130 valence electrons. The van der Waals surface area contributed by atoms with Crippen LogP contribution in [0.5, 0.6) is 0 Å². The second-order valence-electron chi connectivity index (χ2n) is 5.84. The van der Waals surface area contributed by atoms with Crippen LogP contribution in [0.1, 0.15) is 23.2 Å². The zero-order valence-electron chi connectivity index (χ0n) is 13.8. The lowest BCUT2D eigenvalue weighted by atomic mass is 10.1. The fourth-order valence-corrected chi connectivity index (χ4v) is 2.93. The van der Waals surface area contributed by atoms with Crippen molar-refractivity contribution in [3.63, 3.8) is 0 Å². The first-order valence-corrected chi connectivity index (χ1v) is 8.75. The number of carbonyl (C=O) groups excluding carboxylic acids is 1. The van der Waals surface area contributed by atoms with E-state index in [1.54, 1.807) is 6.07 Å². The molecule has 6 heteroatoms. The van der Waals surface area contributed by atoms with Crippen molar-refractivity contribution >= 4 is 34.6 Å². The summed E-state index contributed by atoms with van der Waals surface area (Å²) in [7, 11) is 0. The van der Waals surface area contributed by atoms with Crippen molar-refractivity contribution in [1.82, 2.24) is 5.32 Å². The number of carbonyl (C=O) groups is 1. The molecule has 1 atom stereocenters. The van der Waals surface area contributed by atoms with E-state index in [9.17, 15) is 4.79 Å². The zero-order valence-corrected chi connectivity index (χ0v) is 14.6. The Labute approximate surface area is 152 Å². The standard InChI is InChI=1S/C19H21N3O2S/c23-18(20-13-15-9-6-12-24-15)16-10-4-5-11-17(16)22-19(25)21-14-7-2-1-3-8-14/h1-5,7-8,10-11,15H,6,9,12-13H2,(H,20,23)(H2,21,22,25)/t15-/m1/s1. The highest BCUT2D eigenvalue weighted by Crippen LogP contribution is 2.17. The third-order valence-electron chi connectivity index (χ3n) is 3.97. The summed E-state index contributed by atoms with van der Waals surface area (Å²) in [6.07, 6.45) is 2.16. The summed E-state index contributed by atoms with van der Waals surface area (Å²) in [5.41, 5.74) is 2.11. The molecule has 0 aliphatic carbocycles. The van der Waals surface area contributed by atoms with Crippen molar-refractivity contribution in [3.05, 3.63) is 60.2 Å². The number of para-hydroxylation sites is 2. The highest BCUT2D eigenvalue weighted by atomic mass is 32.1. The van der Waals surface area contributed by atoms with Crippen molar-refractivity contribution in [1.29, 1.82) is 0 Å². The third kappa shape index (κ3) is 5.01. The molecule has 0 radical (unpaired) electrons. The second-order valence-corrected chi connectivity index (χ2v) is 6.24. The molecule has 1 aliphatic rings. The summed E-state index contributed by atoms with van der Waals surface area (Å²) >= 11 is 5.34. The molecule has 1 fully saturated rings. The van der Waals surface area contributed by atoms with Gasteiger partial charge in [-0.2, -0.15) is 0 Å². The fraction of sp³-hybridized carbons (Fsp3) is 0.263. The Morgan fingerprint density at radius 3 is 2.60 bits per heavy atom. The molecular weight excluding hydrogens is 334 g/mol. The van der Waals surface area contributed by atoms with Crippen LogP contribution in [0.3, 0.4) is 0 Å². The summed E-state index contributed by atoms with van der Waals surface area (Å²) in [5, 5.41) is 9.57. The van der Waals surface area contributed by atoms with Gasteiger partial charge in [0.05, 0.1) is 17.4 Å². The van der Waals surface area contributed by atoms with E-state index in [4.69, 9.17) is 17.0 Å². The molecule has 3 rings (SSSR count). The summed E-state index contributed by atoms with van der Waals surface area (Å²) < 4.78 is 5.54. The number of hydrogen-bond donors (Lipinski definition) is 3. The van der Waals surface area contributed by atoms with Gasteiger partial charge in [0, 0.05) is 18.8 Å². The second kappa shape index (κ2) is 8.60. The maximum Gasteiger partial charge on any atom is 0.253 e. The van der Waals surface area contributed by atoms with Crippen molar-refractivity contribution in [2.45, 2.75) is 18.9 Å². The number of hydrogen-bond acceptors (Lipinski definition) is 3. The molecule has 0 spiro atoms. The van der Waals surface area contributed by atoms with Gasteiger partial charge in [-0.05, 0) is 49.3 Å². The SMILES string of the molecule is O=C(NC[C@H]1CCCO1)c1ccccc1NC(=S)Nc1ccccc1. The molecular formula is C19H21N3O2S. The van der Waals surface area contributed by atoms with Gasteiger partial charge in [-0.15, -0.1) is 0 Å². The smallest absolute Gasteiger partial charge is 0.253 e. The van der Waals surface area contributed by atoms with Crippen molar-refractivity contribution in [3.8, 4) is 0 Å². The molecule has 25 heavy (non-hydrogen) atoms. The van der Waals surface area contributed by atoms with E-state index in [0.717, 1.165) is 25.1 Å². The highest BCUT2D eigenvalue weighted by Gasteiger charge is 2.18. The molecule has 0 bridgehead atoms. The van der Waals surface area contributed by atoms with E-state index >= 15 is 0 Å². The Balaban J connectivity index is 1.61. The monoisotopic (exact) mass is 355 g/mol. The molecule has 5 nitrogen and oxygen atoms in total. The van der Waals surface area contributed by atoms with Gasteiger partial charge >= 0.3 is 0 Å². The number of anilines is 2. The average Bonchev–Trinajstić information content (AvgIpc) is 3.14. The molecule has 1 saturated heterocycles. The van der Waals surface area contributed by atoms with Gasteiger partial charge < -0.3 is 20.7 Å². The Kier molecular flexibility index (Phi) is 5.98. The molecule has 1 aliphatic heterocycles. The average molecular weight is 355 g/mol. The summed E-state index contributed by atoms with van der Waals surface area (Å²) in [5.74, 6) is -0.138. The van der Waals surface area contributed by atoms with Crippen LogP contribution in [0.15, 0.2) is 54.6 Å². The largest absolute Gasteiger partial charge is 0.376 e. The van der Waals surface area contributed by atoms with Crippen LogP contribution in [-0.4, -0.2) is 30.3 Å². The van der Waals surface area contributed by atoms with Crippen LogP contribution < -0.4 is 16.0 Å². The molecule has 3 N–H and O–H groups in total. The van der Waals surface area contributed by atoms with Crippen molar-refractivity contribution < 1.29 is 9.53 Å². The van der Waals surface area contributed by atoms with Crippen LogP contribution in [0.4, 0.5) is 11.4 Å². The number of ether oxygens (including phenoxy) is 1. The maximum absolute atomic E-state index is 12.5. The van der Waals surface area contributed by atoms with Gasteiger partial charge in [0.1, 0.15) is 0 Å². The first-order chi connectivity index (χ1) is 12.2. The van der Waals surface area contributed by atoms with Crippen LogP contribution in [0.25, 0.3) is 0 Å². The van der Waals surface area contributed by atoms with Gasteiger partial charge in [0.15, 0.2) is 5.11 Å². The lowest BCUT2D eigenvalue weighted by molar-refractivity contribution is 0.0858. The lowest BCUT2D eigenvalue weighted by Crippen LogP contribution is -2.32. The van der Waals surface area contributed by atoms with Crippen molar-refractivity contribution in [2.24, 2.45) is 0 Å². The normalized spacial score (nSPS) is 16.2. The minimum absolute atomic E-state index is 0.116. The van der Waals surface area contributed by atoms with E-state index < -0.39 is 0 Å². The molecule has 0 aromatic heterocycles. The zero-order chi connectivity index (χ0) is 17.5. The Morgan fingerprint density at radius 1 is 1.08 bits per heavy atom. The molecule has 2 aromatic carbocycles. The minimum atomic E-state index is -0.138. The van der Waals surface area contributed by atoms with Gasteiger partial charge in [-0.25, -0.2) is 0 Å². The van der Waals surface area contributed by atoms with Gasteiger partial charge in [0.2, 0.25) is 0 Å². The highest BCUT2D eigenvalue weighted by molar-refractivity contribution is 7.80. The van der Waals surface area contributed by atoms with E-state index in [2.05, 4.69) is 16.0 Å². The van der Waals surface area contributed by atoms with E-state index in [-0.39, 0.29) is 12.0 Å². The third-order valence-corrected chi connectivity index (χ3v) is 4.17. The number of benzene rings is 2. The van der Waals surface area contributed by atoms with E-state index in [1.165, 1.54) is 0 Å². The van der Waals surface area contributed by atoms with Crippen LogP contribution in [0.2, 0.25) is 0 Å². The van der Waals surface area contributed by atoms with Gasteiger partial charge in [-0.1, -0.05) is 30.3 Å². The molecule has 2 aromatic rings. The first kappa shape index (κ1) is 17.4. The lowest BCUT2D eigenvalue weighted by Gasteiger charge is -2.15. The van der Waals surface area contributed by atoms with Crippen LogP contribution in [0, 0.1) is 0 Å². The molecule has 1 heterocycles. The predicted molar refractivity (Wildman–Crippen MR) is 104 cm³/mol. The molecule has 1 amide bonds. The first-order valence-electron chi connectivity index (χ1n) is 8.34. The van der Waals surface area contributed by atoms with E-state index in [1.807, 2.05) is 48.5 Å². The van der Waals surface area contributed by atoms with Crippen LogP contribution in [-0.2, 0) is 4.74 Å². The number of nitrogens with one attached hydrogen (secondary N) is 3. The Morgan fingerprint density at radius 2 is 1.84 bits per heavy atom. The maximum atomic E-state index is 12.5. The summed E-state index contributed by atoms with van der Waals surface area (Å²) in [6, 6.07) is 17.0. The Hall–Kier alpha value is -2.44. The quantitative estimate of drug-likeness (QED) is 0.718. The fourth-order valence-electron chi connectivity index (χ4n) is 2.70. The predicted octanol–water partition coefficient (Wildman–Crippen LogP) is 3.40. The number of thiocarbonyl (C=S) groups is 1. The summed E-state index contributed by atoms with van der Waals surface area (Å²) in [6.45, 7) is 1.30.